The molecule has 1 aromatic rings. The largest absolute Gasteiger partial charge is 0.294 e. The number of hydrogen-bond acceptors (Lipinski definition) is 2. The number of hydrogen-bond donors (Lipinski definition) is 0. The van der Waals surface area contributed by atoms with Crippen molar-refractivity contribution in [1.29, 1.82) is 5.26 Å². The van der Waals surface area contributed by atoms with Crippen molar-refractivity contribution in [2.75, 3.05) is 0 Å². The molecular weight excluding hydrogens is 282 g/mol. The van der Waals surface area contributed by atoms with Crippen LogP contribution < -0.4 is 0 Å². The molecule has 0 radical (unpaired) electrons. The van der Waals surface area contributed by atoms with Gasteiger partial charge in [-0.15, -0.1) is 0 Å². The summed E-state index contributed by atoms with van der Waals surface area (Å²) in [5, 5.41) is 9.26. The van der Waals surface area contributed by atoms with Crippen LogP contribution in [0.25, 0.3) is 6.08 Å². The Morgan fingerprint density at radius 3 is 2.83 bits per heavy atom. The second-order valence-electron chi connectivity index (χ2n) is 7.28. The molecule has 120 valence electrons. The van der Waals surface area contributed by atoms with Gasteiger partial charge in [0.25, 0.3) is 0 Å². The van der Waals surface area contributed by atoms with E-state index in [0.717, 1.165) is 49.7 Å². The minimum absolute atomic E-state index is 0.0457. The van der Waals surface area contributed by atoms with Crippen molar-refractivity contribution < 1.29 is 4.79 Å². The summed E-state index contributed by atoms with van der Waals surface area (Å²) in [5.41, 5.74) is 1.81. The van der Waals surface area contributed by atoms with Crippen molar-refractivity contribution in [2.24, 2.45) is 17.3 Å². The highest BCUT2D eigenvalue weighted by atomic mass is 16.1. The molecular formula is C21H25NO. The van der Waals surface area contributed by atoms with Crippen molar-refractivity contribution in [3.63, 3.8) is 0 Å². The van der Waals surface area contributed by atoms with Crippen molar-refractivity contribution in [1.82, 2.24) is 0 Å². The molecule has 0 amide bonds. The number of allylic oxidation sites excluding steroid dienone is 1. The molecule has 2 saturated carbocycles. The van der Waals surface area contributed by atoms with Gasteiger partial charge in [-0.2, -0.15) is 5.26 Å². The average Bonchev–Trinajstić information content (AvgIpc) is 2.59. The summed E-state index contributed by atoms with van der Waals surface area (Å²) in [5.74, 6) is 0.766. The number of ketones is 1. The second kappa shape index (κ2) is 6.71. The molecule has 1 aromatic carbocycles. The lowest BCUT2D eigenvalue weighted by Gasteiger charge is -2.47. The first-order valence-corrected chi connectivity index (χ1v) is 8.86. The first-order valence-electron chi connectivity index (χ1n) is 8.86. The van der Waals surface area contributed by atoms with Gasteiger partial charge in [0.05, 0.1) is 6.07 Å². The molecule has 0 saturated heterocycles. The quantitative estimate of drug-likeness (QED) is 0.724. The summed E-state index contributed by atoms with van der Waals surface area (Å²) in [4.78, 5) is 13.4. The van der Waals surface area contributed by atoms with Crippen LogP contribution in [0.1, 0.15) is 57.4 Å². The first kappa shape index (κ1) is 16.0. The lowest BCUT2D eigenvalue weighted by molar-refractivity contribution is -0.134. The molecule has 2 heteroatoms. The Hall–Kier alpha value is -1.88. The van der Waals surface area contributed by atoms with Crippen LogP contribution in [0, 0.1) is 28.6 Å². The summed E-state index contributed by atoms with van der Waals surface area (Å²) < 4.78 is 0. The van der Waals surface area contributed by atoms with Gasteiger partial charge >= 0.3 is 0 Å². The Bertz CT molecular complexity index is 640. The van der Waals surface area contributed by atoms with Crippen LogP contribution in [0.4, 0.5) is 0 Å². The van der Waals surface area contributed by atoms with Crippen LogP contribution in [0.2, 0.25) is 0 Å². The standard InChI is InChI=1S/C21H25NO/c1-16(15-22)14-21-12-6-5-9-19(21)11-10-18(20(21)23)13-17-7-3-2-4-8-17/h2-4,7-8,13,16,19H,5-6,9-12,14H2,1H3. The topological polar surface area (TPSA) is 40.9 Å². The van der Waals surface area contributed by atoms with Gasteiger partial charge in [-0.1, -0.05) is 43.2 Å². The van der Waals surface area contributed by atoms with Gasteiger partial charge in [0.2, 0.25) is 0 Å². The molecule has 0 aliphatic heterocycles. The van der Waals surface area contributed by atoms with E-state index in [0.29, 0.717) is 11.7 Å². The Balaban J connectivity index is 1.94. The molecule has 23 heavy (non-hydrogen) atoms. The lowest BCUT2D eigenvalue weighted by atomic mass is 9.55. The minimum Gasteiger partial charge on any atom is -0.294 e. The van der Waals surface area contributed by atoms with Crippen molar-refractivity contribution >= 4 is 11.9 Å². The monoisotopic (exact) mass is 307 g/mol. The molecule has 3 atom stereocenters. The molecule has 0 heterocycles. The third-order valence-corrected chi connectivity index (χ3v) is 5.74. The van der Waals surface area contributed by atoms with Crippen LogP contribution >= 0.6 is 0 Å². The molecule has 2 aliphatic carbocycles. The number of nitriles is 1. The zero-order valence-corrected chi connectivity index (χ0v) is 13.9. The van der Waals surface area contributed by atoms with Crippen LogP contribution in [0.5, 0.6) is 0 Å². The number of Topliss-reactive ketones (excluding diaryl/α,β-unsaturated/α-hetero) is 1. The minimum atomic E-state index is -0.272. The highest BCUT2D eigenvalue weighted by molar-refractivity contribution is 6.04. The third-order valence-electron chi connectivity index (χ3n) is 5.74. The number of fused-ring (bicyclic) bond motifs is 1. The number of carbonyl (C=O) groups excluding carboxylic acids is 1. The Morgan fingerprint density at radius 2 is 2.09 bits per heavy atom. The van der Waals surface area contributed by atoms with Crippen LogP contribution in [0.3, 0.4) is 0 Å². The number of nitrogens with zero attached hydrogens (tertiary/aromatic N) is 1. The Morgan fingerprint density at radius 1 is 1.30 bits per heavy atom. The summed E-state index contributed by atoms with van der Waals surface area (Å²) in [6, 6.07) is 12.5. The second-order valence-corrected chi connectivity index (χ2v) is 7.28. The zero-order chi connectivity index (χ0) is 16.3. The zero-order valence-electron chi connectivity index (χ0n) is 13.9. The fraction of sp³-hybridized carbons (Fsp3) is 0.524. The third kappa shape index (κ3) is 3.11. The smallest absolute Gasteiger partial charge is 0.165 e. The van der Waals surface area contributed by atoms with Crippen molar-refractivity contribution in [2.45, 2.75) is 51.9 Å². The highest BCUT2D eigenvalue weighted by Gasteiger charge is 2.50. The van der Waals surface area contributed by atoms with E-state index in [-0.39, 0.29) is 11.3 Å². The summed E-state index contributed by atoms with van der Waals surface area (Å²) in [7, 11) is 0. The van der Waals surface area contributed by atoms with Gasteiger partial charge in [-0.25, -0.2) is 0 Å². The van der Waals surface area contributed by atoms with Crippen molar-refractivity contribution in [3.05, 3.63) is 41.5 Å². The summed E-state index contributed by atoms with van der Waals surface area (Å²) in [6.45, 7) is 1.96. The number of benzene rings is 1. The van der Waals surface area contributed by atoms with E-state index in [2.05, 4.69) is 24.3 Å². The van der Waals surface area contributed by atoms with Crippen LogP contribution in [0.15, 0.2) is 35.9 Å². The summed E-state index contributed by atoms with van der Waals surface area (Å²) >= 11 is 0. The lowest BCUT2D eigenvalue weighted by Crippen LogP contribution is -2.46. The van der Waals surface area contributed by atoms with E-state index in [1.54, 1.807) is 0 Å². The van der Waals surface area contributed by atoms with Crippen LogP contribution in [-0.2, 0) is 4.79 Å². The van der Waals surface area contributed by atoms with E-state index in [9.17, 15) is 10.1 Å². The fourth-order valence-corrected chi connectivity index (χ4v) is 4.64. The van der Waals surface area contributed by atoms with E-state index < -0.39 is 0 Å². The van der Waals surface area contributed by atoms with Crippen LogP contribution in [-0.4, -0.2) is 5.78 Å². The molecule has 2 fully saturated rings. The van der Waals surface area contributed by atoms with Crippen molar-refractivity contribution in [3.8, 4) is 6.07 Å². The molecule has 0 N–H and O–H groups in total. The van der Waals surface area contributed by atoms with Gasteiger partial charge in [-0.05, 0) is 62.2 Å². The summed E-state index contributed by atoms with van der Waals surface area (Å²) in [6.07, 6.45) is 9.28. The SMILES string of the molecule is CC(C#N)CC12CCCCC1CCC(=Cc1ccccc1)C2=O. The number of rotatable bonds is 3. The van der Waals surface area contributed by atoms with E-state index >= 15 is 0 Å². The maximum atomic E-state index is 13.4. The molecule has 0 aromatic heterocycles. The van der Waals surface area contributed by atoms with Gasteiger partial charge < -0.3 is 0 Å². The average molecular weight is 307 g/mol. The fourth-order valence-electron chi connectivity index (χ4n) is 4.64. The van der Waals surface area contributed by atoms with E-state index in [1.165, 1.54) is 6.42 Å². The predicted octanol–water partition coefficient (Wildman–Crippen LogP) is 5.16. The van der Waals surface area contributed by atoms with Gasteiger partial charge in [-0.3, -0.25) is 4.79 Å². The molecule has 3 unspecified atom stereocenters. The Kier molecular flexibility index (Phi) is 4.66. The molecule has 3 rings (SSSR count). The van der Waals surface area contributed by atoms with E-state index in [1.807, 2.05) is 25.1 Å². The van der Waals surface area contributed by atoms with E-state index in [4.69, 9.17) is 0 Å². The molecule has 2 nitrogen and oxygen atoms in total. The van der Waals surface area contributed by atoms with Gasteiger partial charge in [0.15, 0.2) is 5.78 Å². The Labute approximate surface area is 139 Å². The maximum Gasteiger partial charge on any atom is 0.165 e. The molecule has 0 bridgehead atoms. The predicted molar refractivity (Wildman–Crippen MR) is 92.4 cm³/mol. The van der Waals surface area contributed by atoms with Gasteiger partial charge in [0.1, 0.15) is 0 Å². The normalized spacial score (nSPS) is 30.5. The van der Waals surface area contributed by atoms with Gasteiger partial charge in [0, 0.05) is 11.3 Å². The molecule has 0 spiro atoms. The molecule has 2 aliphatic rings. The maximum absolute atomic E-state index is 13.4. The number of carbonyl (C=O) groups is 1. The first-order chi connectivity index (χ1) is 11.2. The highest BCUT2D eigenvalue weighted by Crippen LogP contribution is 2.53.